The molecule has 1 aromatic carbocycles. The smallest absolute Gasteiger partial charge is 0.145 e. The van der Waals surface area contributed by atoms with Gasteiger partial charge < -0.3 is 10.1 Å². The fraction of sp³-hybridized carbons (Fsp3) is 0.452. The molecule has 1 aliphatic carbocycles. The summed E-state index contributed by atoms with van der Waals surface area (Å²) in [5.74, 6) is 4.29. The van der Waals surface area contributed by atoms with Crippen LogP contribution in [0, 0.1) is 25.7 Å². The third-order valence-electron chi connectivity index (χ3n) is 8.91. The van der Waals surface area contributed by atoms with E-state index in [-0.39, 0.29) is 0 Å². The average Bonchev–Trinajstić information content (AvgIpc) is 3.49. The SMILES string of the molecule is Cc1ccc(Oc2ccc(Nc3ncnc4sc5c(c34)CCN(C(C)N3CC4CCC(C4)C3)C5)cc2C)cn1. The summed E-state index contributed by atoms with van der Waals surface area (Å²) in [5.41, 5.74) is 4.44. The first kappa shape index (κ1) is 24.9. The molecule has 4 aromatic rings. The molecule has 7 nitrogen and oxygen atoms in total. The molecule has 3 aliphatic rings. The monoisotopic (exact) mass is 540 g/mol. The van der Waals surface area contributed by atoms with Gasteiger partial charge in [0, 0.05) is 42.4 Å². The van der Waals surface area contributed by atoms with Crippen molar-refractivity contribution in [2.45, 2.75) is 59.2 Å². The van der Waals surface area contributed by atoms with Crippen molar-refractivity contribution in [3.8, 4) is 11.5 Å². The van der Waals surface area contributed by atoms with E-state index in [2.05, 4.69) is 50.0 Å². The van der Waals surface area contributed by atoms with Gasteiger partial charge in [0.2, 0.25) is 0 Å². The molecule has 0 amide bonds. The Hall–Kier alpha value is -3.07. The van der Waals surface area contributed by atoms with E-state index in [1.165, 1.54) is 48.2 Å². The zero-order valence-electron chi connectivity index (χ0n) is 23.0. The van der Waals surface area contributed by atoms with Crippen LogP contribution in [0.25, 0.3) is 10.2 Å². The number of fused-ring (bicyclic) bond motifs is 5. The highest BCUT2D eigenvalue weighted by Gasteiger charge is 2.37. The second kappa shape index (κ2) is 10.2. The molecule has 5 heterocycles. The van der Waals surface area contributed by atoms with Crippen molar-refractivity contribution in [1.82, 2.24) is 24.8 Å². The summed E-state index contributed by atoms with van der Waals surface area (Å²) in [7, 11) is 0. The summed E-state index contributed by atoms with van der Waals surface area (Å²) in [6, 6.07) is 10.1. The third-order valence-corrected chi connectivity index (χ3v) is 10.0. The Morgan fingerprint density at radius 3 is 2.64 bits per heavy atom. The zero-order chi connectivity index (χ0) is 26.5. The Morgan fingerprint density at radius 1 is 1.03 bits per heavy atom. The fourth-order valence-electron chi connectivity index (χ4n) is 6.77. The van der Waals surface area contributed by atoms with Crippen LogP contribution in [0.15, 0.2) is 42.9 Å². The van der Waals surface area contributed by atoms with Crippen LogP contribution in [-0.2, 0) is 13.0 Å². The molecule has 7 rings (SSSR count). The van der Waals surface area contributed by atoms with E-state index < -0.39 is 0 Å². The van der Waals surface area contributed by atoms with Crippen molar-refractivity contribution in [2.75, 3.05) is 25.0 Å². The van der Waals surface area contributed by atoms with E-state index in [1.807, 2.05) is 42.5 Å². The van der Waals surface area contributed by atoms with Crippen molar-refractivity contribution in [3.63, 3.8) is 0 Å². The summed E-state index contributed by atoms with van der Waals surface area (Å²) in [6.07, 6.45) is 9.30. The van der Waals surface area contributed by atoms with Crippen molar-refractivity contribution >= 4 is 33.1 Å². The lowest BCUT2D eigenvalue weighted by Gasteiger charge is -2.43. The Bertz CT molecular complexity index is 1490. The van der Waals surface area contributed by atoms with Gasteiger partial charge in [0.05, 0.1) is 17.7 Å². The molecule has 2 aliphatic heterocycles. The quantitative estimate of drug-likeness (QED) is 0.293. The van der Waals surface area contributed by atoms with E-state index >= 15 is 0 Å². The highest BCUT2D eigenvalue weighted by Crippen LogP contribution is 2.41. The van der Waals surface area contributed by atoms with Gasteiger partial charge in [-0.3, -0.25) is 14.8 Å². The minimum absolute atomic E-state index is 0.495. The molecular formula is C31H36N6OS. The van der Waals surface area contributed by atoms with Crippen LogP contribution in [0.2, 0.25) is 0 Å². The summed E-state index contributed by atoms with van der Waals surface area (Å²) in [6.45, 7) is 11.1. The summed E-state index contributed by atoms with van der Waals surface area (Å²) >= 11 is 1.84. The number of thiophene rings is 1. The molecule has 1 saturated carbocycles. The molecule has 3 atom stereocenters. The Balaban J connectivity index is 1.09. The van der Waals surface area contributed by atoms with Crippen LogP contribution >= 0.6 is 11.3 Å². The summed E-state index contributed by atoms with van der Waals surface area (Å²) in [4.78, 5) is 21.6. The molecule has 3 aromatic heterocycles. The van der Waals surface area contributed by atoms with Crippen molar-refractivity contribution in [1.29, 1.82) is 0 Å². The third kappa shape index (κ3) is 4.90. The molecule has 0 spiro atoms. The predicted octanol–water partition coefficient (Wildman–Crippen LogP) is 6.68. The second-order valence-electron chi connectivity index (χ2n) is 11.6. The lowest BCUT2D eigenvalue weighted by atomic mass is 9.98. The maximum Gasteiger partial charge on any atom is 0.145 e. The van der Waals surface area contributed by atoms with Crippen LogP contribution < -0.4 is 10.1 Å². The number of hydrogen-bond acceptors (Lipinski definition) is 8. The highest BCUT2D eigenvalue weighted by molar-refractivity contribution is 7.19. The Labute approximate surface area is 234 Å². The Morgan fingerprint density at radius 2 is 1.87 bits per heavy atom. The summed E-state index contributed by atoms with van der Waals surface area (Å²) < 4.78 is 6.07. The van der Waals surface area contributed by atoms with Gasteiger partial charge in [-0.15, -0.1) is 11.3 Å². The first-order valence-electron chi connectivity index (χ1n) is 14.2. The number of piperidine rings is 1. The molecule has 2 bridgehead atoms. The fourth-order valence-corrected chi connectivity index (χ4v) is 7.98. The number of aryl methyl sites for hydroxylation is 2. The zero-order valence-corrected chi connectivity index (χ0v) is 23.8. The molecule has 39 heavy (non-hydrogen) atoms. The average molecular weight is 541 g/mol. The van der Waals surface area contributed by atoms with E-state index in [9.17, 15) is 0 Å². The second-order valence-corrected chi connectivity index (χ2v) is 12.7. The number of anilines is 2. The summed E-state index contributed by atoms with van der Waals surface area (Å²) in [5, 5.41) is 4.78. The van der Waals surface area contributed by atoms with Gasteiger partial charge in [0.1, 0.15) is 28.5 Å². The lowest BCUT2D eigenvalue weighted by molar-refractivity contribution is 0.0137. The van der Waals surface area contributed by atoms with Gasteiger partial charge >= 0.3 is 0 Å². The maximum absolute atomic E-state index is 6.07. The first-order chi connectivity index (χ1) is 19.0. The first-order valence-corrected chi connectivity index (χ1v) is 15.0. The van der Waals surface area contributed by atoms with E-state index in [0.29, 0.717) is 6.17 Å². The maximum atomic E-state index is 6.07. The molecule has 1 N–H and O–H groups in total. The van der Waals surface area contributed by atoms with Crippen LogP contribution in [0.4, 0.5) is 11.5 Å². The lowest BCUT2D eigenvalue weighted by Crippen LogP contribution is -2.51. The topological polar surface area (TPSA) is 66.4 Å². The van der Waals surface area contributed by atoms with Crippen molar-refractivity contribution < 1.29 is 4.74 Å². The van der Waals surface area contributed by atoms with Crippen LogP contribution in [0.3, 0.4) is 0 Å². The van der Waals surface area contributed by atoms with E-state index in [0.717, 1.165) is 70.4 Å². The number of ether oxygens (including phenoxy) is 1. The van der Waals surface area contributed by atoms with Gasteiger partial charge in [-0.2, -0.15) is 0 Å². The number of nitrogens with one attached hydrogen (secondary N) is 1. The molecule has 2 fully saturated rings. The van der Waals surface area contributed by atoms with Gasteiger partial charge in [0.25, 0.3) is 0 Å². The number of likely N-dealkylation sites (tertiary alicyclic amines) is 1. The largest absolute Gasteiger partial charge is 0.455 e. The molecule has 3 unspecified atom stereocenters. The minimum Gasteiger partial charge on any atom is -0.455 e. The number of rotatable bonds is 6. The molecular weight excluding hydrogens is 504 g/mol. The number of benzene rings is 1. The van der Waals surface area contributed by atoms with Gasteiger partial charge in [-0.25, -0.2) is 9.97 Å². The predicted molar refractivity (Wildman–Crippen MR) is 157 cm³/mol. The van der Waals surface area contributed by atoms with Crippen molar-refractivity contribution in [3.05, 3.63) is 64.6 Å². The van der Waals surface area contributed by atoms with E-state index in [1.54, 1.807) is 12.5 Å². The minimum atomic E-state index is 0.495. The van der Waals surface area contributed by atoms with Gasteiger partial charge in [-0.1, -0.05) is 0 Å². The van der Waals surface area contributed by atoms with Crippen molar-refractivity contribution in [2.24, 2.45) is 11.8 Å². The van der Waals surface area contributed by atoms with E-state index in [4.69, 9.17) is 4.74 Å². The van der Waals surface area contributed by atoms with Crippen LogP contribution in [0.1, 0.15) is 47.9 Å². The van der Waals surface area contributed by atoms with Crippen LogP contribution in [-0.4, -0.2) is 50.6 Å². The van der Waals surface area contributed by atoms with Gasteiger partial charge in [-0.05, 0) is 99.7 Å². The standard InChI is InChI=1S/C31H36N6OS/c1-19-12-24(7-9-27(19)38-25-8-4-20(2)32-14-25)35-30-29-26-10-11-36(17-28(26)39-31(29)34-18-33-30)21(3)37-15-22-5-6-23(13-22)16-37/h4,7-9,12,14,18,21-23H,5-6,10-11,13,15-17H2,1-3H3,(H,33,34,35). The number of pyridine rings is 1. The molecule has 202 valence electrons. The molecule has 8 heteroatoms. The number of hydrogen-bond donors (Lipinski definition) is 1. The van der Waals surface area contributed by atoms with Gasteiger partial charge in [0.15, 0.2) is 0 Å². The van der Waals surface area contributed by atoms with Crippen LogP contribution in [0.5, 0.6) is 11.5 Å². The highest BCUT2D eigenvalue weighted by atomic mass is 32.1. The Kier molecular flexibility index (Phi) is 6.49. The number of nitrogens with zero attached hydrogens (tertiary/aromatic N) is 5. The molecule has 1 saturated heterocycles. The molecule has 0 radical (unpaired) electrons. The number of aromatic nitrogens is 3. The normalized spacial score (nSPS) is 22.1.